The molecule has 0 fully saturated rings. The zero-order valence-corrected chi connectivity index (χ0v) is 35.5. The van der Waals surface area contributed by atoms with Crippen molar-refractivity contribution in [1.82, 2.24) is 0 Å². The summed E-state index contributed by atoms with van der Waals surface area (Å²) in [5, 5.41) is 16.3. The first kappa shape index (κ1) is 41.3. The van der Waals surface area contributed by atoms with Gasteiger partial charge in [-0.25, -0.2) is 0 Å². The van der Waals surface area contributed by atoms with Crippen LogP contribution in [-0.4, -0.2) is 10.9 Å². The predicted octanol–water partition coefficient (Wildman–Crippen LogP) is 13.0. The van der Waals surface area contributed by atoms with Gasteiger partial charge in [-0.3, -0.25) is 4.79 Å². The maximum Gasteiger partial charge on any atom is 0.162 e. The summed E-state index contributed by atoms with van der Waals surface area (Å²) in [7, 11) is 4.60. The van der Waals surface area contributed by atoms with Gasteiger partial charge < -0.3 is 9.67 Å². The Morgan fingerprint density at radius 3 is 2.06 bits per heavy atom. The van der Waals surface area contributed by atoms with E-state index in [-0.39, 0.29) is 43.5 Å². The molecule has 52 heavy (non-hydrogen) atoms. The second kappa shape index (κ2) is 18.5. The Balaban J connectivity index is 0.000000323. The number of hydrogen-bond acceptors (Lipinski definition) is 3. The third kappa shape index (κ3) is 8.99. The molecule has 3 nitrogen and oxygen atoms in total. The van der Waals surface area contributed by atoms with Gasteiger partial charge in [0, 0.05) is 55.2 Å². The van der Waals surface area contributed by atoms with E-state index in [0.717, 1.165) is 44.2 Å². The first-order chi connectivity index (χ1) is 24.5. The van der Waals surface area contributed by atoms with Gasteiger partial charge in [-0.1, -0.05) is 115 Å². The van der Waals surface area contributed by atoms with Gasteiger partial charge in [-0.05, 0) is 95.0 Å². The molecular weight excluding hydrogens is 835 g/mol. The summed E-state index contributed by atoms with van der Waals surface area (Å²) >= 11 is 1.87. The number of thiophene rings is 1. The van der Waals surface area contributed by atoms with Gasteiger partial charge >= 0.3 is 0 Å². The summed E-state index contributed by atoms with van der Waals surface area (Å²) < 4.78 is 4.78. The van der Waals surface area contributed by atoms with Crippen molar-refractivity contribution in [3.63, 3.8) is 0 Å². The van der Waals surface area contributed by atoms with Gasteiger partial charge in [-0.2, -0.15) is 11.3 Å². The Hall–Kier alpha value is -3.50. The van der Waals surface area contributed by atoms with Gasteiger partial charge in [-0.15, -0.1) is 17.7 Å². The molecule has 0 amide bonds. The number of carbonyl (C=O) groups is 1. The number of nitrogens with zero attached hydrogens (tertiary/aromatic N) is 1. The van der Waals surface area contributed by atoms with Crippen LogP contribution < -0.4 is 4.57 Å². The quantitative estimate of drug-likeness (QED) is 0.0437. The standard InChI is InChI=1S/C34H32NS.C13H24O2.Ir/c1-21(2)16-23-18-28-27-12-8-9-13-32(27)36-34(28)29(19-23)31-20-25(17-22(3)4)33-26-11-7-6-10-24(26)14-15-30(33)35(31)5;1-5-10(6-2)12(14)9-13(15)11(7-3)8-4;/h6-15,18,20-22H,5,16-17H2,1-4H3;9-11,14H,5-8H2,1-4H3;/q-1;;/b;12-9-;. The molecule has 0 aliphatic rings. The van der Waals surface area contributed by atoms with Gasteiger partial charge in [0.1, 0.15) is 11.2 Å². The minimum absolute atomic E-state index is 0. The molecule has 2 aromatic heterocycles. The van der Waals surface area contributed by atoms with Gasteiger partial charge in [0.2, 0.25) is 0 Å². The normalized spacial score (nSPS) is 12.0. The van der Waals surface area contributed by atoms with Crippen LogP contribution in [0.1, 0.15) is 92.2 Å². The van der Waals surface area contributed by atoms with Crippen LogP contribution in [0.3, 0.4) is 0 Å². The van der Waals surface area contributed by atoms with Crippen LogP contribution in [0.2, 0.25) is 0 Å². The molecule has 1 N–H and O–H groups in total. The fourth-order valence-electron chi connectivity index (χ4n) is 7.41. The first-order valence-corrected chi connectivity index (χ1v) is 19.8. The van der Waals surface area contributed by atoms with Crippen molar-refractivity contribution >= 4 is 59.0 Å². The van der Waals surface area contributed by atoms with Crippen LogP contribution in [0.15, 0.2) is 84.6 Å². The van der Waals surface area contributed by atoms with E-state index in [1.807, 2.05) is 39.0 Å². The number of hydrogen-bond donors (Lipinski definition) is 1. The van der Waals surface area contributed by atoms with Crippen LogP contribution in [0, 0.1) is 36.8 Å². The summed E-state index contributed by atoms with van der Waals surface area (Å²) in [6.45, 7) is 17.3. The number of aromatic nitrogens is 1. The molecule has 1 radical (unpaired) electrons. The van der Waals surface area contributed by atoms with E-state index in [2.05, 4.69) is 118 Å². The number of ketones is 1. The SMILES string of the molecule is CCC(CC)C(=O)/C=C(\O)C(CC)CC.[CH2-][n+]1c(-c2[c-]c(CC(C)C)cc3c2sc2ccccc23)cc(CC(C)C)c2c3ccccc3ccc21.[Ir]. The van der Waals surface area contributed by atoms with Crippen molar-refractivity contribution in [3.8, 4) is 11.3 Å². The molecule has 6 rings (SSSR count). The van der Waals surface area contributed by atoms with Crippen LogP contribution in [0.25, 0.3) is 53.1 Å². The summed E-state index contributed by atoms with van der Waals surface area (Å²) in [5.41, 5.74) is 6.18. The third-order valence-corrected chi connectivity index (χ3v) is 11.4. The van der Waals surface area contributed by atoms with Crippen LogP contribution in [0.5, 0.6) is 0 Å². The van der Waals surface area contributed by atoms with E-state index in [1.165, 1.54) is 64.6 Å². The average Bonchev–Trinajstić information content (AvgIpc) is 3.48. The van der Waals surface area contributed by atoms with E-state index in [1.54, 1.807) is 0 Å². The maximum atomic E-state index is 11.7. The fraction of sp³-hybridized carbons (Fsp3) is 0.383. The van der Waals surface area contributed by atoms with E-state index in [9.17, 15) is 9.90 Å². The van der Waals surface area contributed by atoms with Crippen molar-refractivity contribution in [2.75, 3.05) is 0 Å². The predicted molar refractivity (Wildman–Crippen MR) is 221 cm³/mol. The van der Waals surface area contributed by atoms with Crippen molar-refractivity contribution in [3.05, 3.63) is 109 Å². The molecule has 277 valence electrons. The Morgan fingerprint density at radius 2 is 1.42 bits per heavy atom. The molecule has 0 aliphatic carbocycles. The van der Waals surface area contributed by atoms with E-state index in [4.69, 9.17) is 0 Å². The Bertz CT molecular complexity index is 2170. The first-order valence-electron chi connectivity index (χ1n) is 19.0. The van der Waals surface area contributed by atoms with Crippen molar-refractivity contribution in [2.45, 2.75) is 93.9 Å². The second-order valence-corrected chi connectivity index (χ2v) is 15.9. The summed E-state index contributed by atoms with van der Waals surface area (Å²) in [6.07, 6.45) is 6.95. The number of carbonyl (C=O) groups excluding carboxylic acids is 1. The van der Waals surface area contributed by atoms with Crippen LogP contribution in [0.4, 0.5) is 0 Å². The monoisotopic (exact) mass is 891 g/mol. The van der Waals surface area contributed by atoms with Gasteiger partial charge in [0.25, 0.3) is 0 Å². The Morgan fingerprint density at radius 1 is 0.808 bits per heavy atom. The molecule has 0 saturated heterocycles. The third-order valence-electron chi connectivity index (χ3n) is 10.2. The minimum Gasteiger partial charge on any atom is -0.512 e. The molecule has 2 heterocycles. The summed E-state index contributed by atoms with van der Waals surface area (Å²) in [6, 6.07) is 30.6. The van der Waals surface area contributed by atoms with E-state index in [0.29, 0.717) is 11.8 Å². The molecule has 0 atom stereocenters. The molecule has 0 bridgehead atoms. The van der Waals surface area contributed by atoms with Crippen molar-refractivity contribution in [1.29, 1.82) is 0 Å². The zero-order valence-electron chi connectivity index (χ0n) is 32.3. The molecule has 0 aliphatic heterocycles. The topological polar surface area (TPSA) is 41.2 Å². The smallest absolute Gasteiger partial charge is 0.162 e. The maximum absolute atomic E-state index is 11.7. The molecule has 4 aromatic carbocycles. The van der Waals surface area contributed by atoms with Gasteiger partial charge in [0.15, 0.2) is 5.78 Å². The van der Waals surface area contributed by atoms with Gasteiger partial charge in [0.05, 0.1) is 5.76 Å². The second-order valence-electron chi connectivity index (χ2n) is 14.9. The summed E-state index contributed by atoms with van der Waals surface area (Å²) in [4.78, 5) is 11.7. The number of aliphatic hydroxyl groups excluding tert-OH is 1. The minimum atomic E-state index is 0. The fourth-order valence-corrected chi connectivity index (χ4v) is 8.60. The summed E-state index contributed by atoms with van der Waals surface area (Å²) in [5.74, 6) is 1.68. The Labute approximate surface area is 329 Å². The van der Waals surface area contributed by atoms with Crippen molar-refractivity contribution < 1.29 is 34.6 Å². The van der Waals surface area contributed by atoms with Crippen LogP contribution >= 0.6 is 11.3 Å². The van der Waals surface area contributed by atoms with Crippen LogP contribution in [-0.2, 0) is 37.7 Å². The largest absolute Gasteiger partial charge is 0.512 e. The number of allylic oxidation sites excluding steroid dienone is 2. The number of fused-ring (bicyclic) bond motifs is 6. The molecule has 0 saturated carbocycles. The van der Waals surface area contributed by atoms with Crippen molar-refractivity contribution in [2.24, 2.45) is 23.7 Å². The molecule has 5 heteroatoms. The number of rotatable bonds is 12. The zero-order chi connectivity index (χ0) is 36.8. The number of pyridine rings is 1. The average molecular weight is 891 g/mol. The Kier molecular flexibility index (Phi) is 14.7. The van der Waals surface area contributed by atoms with E-state index >= 15 is 0 Å². The number of benzene rings is 4. The van der Waals surface area contributed by atoms with E-state index < -0.39 is 0 Å². The molecule has 0 unspecified atom stereocenters. The molecular formula is C47H56IrNO2S-. The molecule has 6 aromatic rings. The number of aliphatic hydroxyl groups is 1. The molecule has 0 spiro atoms.